The highest BCUT2D eigenvalue weighted by Crippen LogP contribution is 2.39. The third-order valence-electron chi connectivity index (χ3n) is 3.17. The molecule has 1 aromatic carbocycles. The van der Waals surface area contributed by atoms with Gasteiger partial charge in [-0.15, -0.1) is 11.6 Å². The number of fused-ring (bicyclic) bond motifs is 1. The molecule has 0 bridgehead atoms. The first kappa shape index (κ1) is 14.6. The number of rotatable bonds is 4. The van der Waals surface area contributed by atoms with Crippen molar-refractivity contribution >= 4 is 21.6 Å². The molecule has 1 unspecified atom stereocenters. The van der Waals surface area contributed by atoms with E-state index < -0.39 is 10.0 Å². The van der Waals surface area contributed by atoms with E-state index in [-0.39, 0.29) is 30.0 Å². The first-order valence-electron chi connectivity index (χ1n) is 5.82. The number of alkyl halides is 1. The molecule has 0 saturated heterocycles. The number of methoxy groups -OCH3 is 2. The van der Waals surface area contributed by atoms with Crippen molar-refractivity contribution in [2.24, 2.45) is 0 Å². The normalized spacial score (nSPS) is 21.9. The Morgan fingerprint density at radius 3 is 2.74 bits per heavy atom. The summed E-state index contributed by atoms with van der Waals surface area (Å²) in [7, 11) is -0.464. The lowest BCUT2D eigenvalue weighted by Gasteiger charge is -2.33. The van der Waals surface area contributed by atoms with Crippen LogP contribution < -0.4 is 4.74 Å². The van der Waals surface area contributed by atoms with E-state index in [1.807, 2.05) is 0 Å². The van der Waals surface area contributed by atoms with Gasteiger partial charge in [0.1, 0.15) is 11.9 Å². The number of hydrogen-bond donors (Lipinski definition) is 0. The number of nitrogens with zero attached hydrogens (tertiary/aromatic N) is 1. The standard InChI is InChI=1S/C12H16ClNO4S/c1-17-9-4-3-5-11-12(9)10(18-2)8-14(7-6-13)19(11,15)16/h3-5,10H,6-8H2,1-2H3. The average molecular weight is 306 g/mol. The maximum absolute atomic E-state index is 12.5. The summed E-state index contributed by atoms with van der Waals surface area (Å²) in [6.07, 6.45) is -0.349. The fourth-order valence-corrected chi connectivity index (χ4v) is 4.26. The highest BCUT2D eigenvalue weighted by molar-refractivity contribution is 7.89. The largest absolute Gasteiger partial charge is 0.496 e. The molecule has 0 aliphatic carbocycles. The van der Waals surface area contributed by atoms with Crippen molar-refractivity contribution in [3.8, 4) is 5.75 Å². The van der Waals surface area contributed by atoms with Gasteiger partial charge in [-0.25, -0.2) is 8.42 Å². The lowest BCUT2D eigenvalue weighted by molar-refractivity contribution is 0.0767. The second kappa shape index (κ2) is 5.66. The summed E-state index contributed by atoms with van der Waals surface area (Å²) >= 11 is 5.67. The minimum Gasteiger partial charge on any atom is -0.496 e. The van der Waals surface area contributed by atoms with Gasteiger partial charge < -0.3 is 9.47 Å². The predicted molar refractivity (Wildman–Crippen MR) is 72.2 cm³/mol. The zero-order chi connectivity index (χ0) is 14.0. The van der Waals surface area contributed by atoms with Crippen molar-refractivity contribution in [1.82, 2.24) is 4.31 Å². The topological polar surface area (TPSA) is 55.8 Å². The van der Waals surface area contributed by atoms with Crippen LogP contribution in [0.4, 0.5) is 0 Å². The number of ether oxygens (including phenoxy) is 2. The summed E-state index contributed by atoms with van der Waals surface area (Å²) in [5.41, 5.74) is 0.582. The van der Waals surface area contributed by atoms with Gasteiger partial charge in [-0.3, -0.25) is 0 Å². The summed E-state index contributed by atoms with van der Waals surface area (Å²) in [4.78, 5) is 0.232. The number of sulfonamides is 1. The van der Waals surface area contributed by atoms with Gasteiger partial charge in [0.15, 0.2) is 0 Å². The Labute approximate surface area is 118 Å². The van der Waals surface area contributed by atoms with Gasteiger partial charge in [0, 0.05) is 31.6 Å². The summed E-state index contributed by atoms with van der Waals surface area (Å²) in [6, 6.07) is 4.96. The summed E-state index contributed by atoms with van der Waals surface area (Å²) in [5, 5.41) is 0. The third kappa shape index (κ3) is 2.45. The minimum atomic E-state index is -3.53. The highest BCUT2D eigenvalue weighted by atomic mass is 35.5. The summed E-state index contributed by atoms with van der Waals surface area (Å²) in [6.45, 7) is 0.513. The number of halogens is 1. The Morgan fingerprint density at radius 2 is 2.16 bits per heavy atom. The molecule has 19 heavy (non-hydrogen) atoms. The molecule has 7 heteroatoms. The first-order valence-corrected chi connectivity index (χ1v) is 7.79. The van der Waals surface area contributed by atoms with Crippen LogP contribution in [0, 0.1) is 0 Å². The summed E-state index contributed by atoms with van der Waals surface area (Å²) in [5.74, 6) is 0.771. The van der Waals surface area contributed by atoms with Crippen LogP contribution in [0.5, 0.6) is 5.75 Å². The van der Waals surface area contributed by atoms with Crippen molar-refractivity contribution in [1.29, 1.82) is 0 Å². The zero-order valence-corrected chi connectivity index (χ0v) is 12.4. The second-order valence-corrected chi connectivity index (χ2v) is 6.43. The molecule has 0 radical (unpaired) electrons. The molecule has 0 amide bonds. The minimum absolute atomic E-state index is 0.232. The molecular weight excluding hydrogens is 290 g/mol. The van der Waals surface area contributed by atoms with E-state index in [0.717, 1.165) is 0 Å². The SMILES string of the molecule is COc1cccc2c1C(OC)CN(CCCl)S2(=O)=O. The van der Waals surface area contributed by atoms with E-state index in [1.54, 1.807) is 25.3 Å². The van der Waals surface area contributed by atoms with Crippen LogP contribution in [-0.4, -0.2) is 45.9 Å². The van der Waals surface area contributed by atoms with Crippen LogP contribution in [0.2, 0.25) is 0 Å². The van der Waals surface area contributed by atoms with Crippen LogP contribution >= 0.6 is 11.6 Å². The van der Waals surface area contributed by atoms with Gasteiger partial charge in [0.2, 0.25) is 10.0 Å². The first-order chi connectivity index (χ1) is 9.06. The Hall–Kier alpha value is -0.820. The molecule has 5 nitrogen and oxygen atoms in total. The smallest absolute Gasteiger partial charge is 0.243 e. The maximum Gasteiger partial charge on any atom is 0.243 e. The molecule has 1 aromatic rings. The zero-order valence-electron chi connectivity index (χ0n) is 10.8. The van der Waals surface area contributed by atoms with Crippen LogP contribution in [0.3, 0.4) is 0 Å². The molecular formula is C12H16ClNO4S. The van der Waals surface area contributed by atoms with Gasteiger partial charge in [0.05, 0.1) is 12.0 Å². The van der Waals surface area contributed by atoms with Crippen LogP contribution in [-0.2, 0) is 14.8 Å². The van der Waals surface area contributed by atoms with E-state index in [2.05, 4.69) is 0 Å². The molecule has 0 spiro atoms. The molecule has 2 rings (SSSR count). The second-order valence-electron chi connectivity index (χ2n) is 4.15. The monoisotopic (exact) mass is 305 g/mol. The fraction of sp³-hybridized carbons (Fsp3) is 0.500. The van der Waals surface area contributed by atoms with Crippen molar-refractivity contribution in [2.75, 3.05) is 33.2 Å². The summed E-state index contributed by atoms with van der Waals surface area (Å²) < 4.78 is 36.9. The predicted octanol–water partition coefficient (Wildman–Crippen LogP) is 1.63. The van der Waals surface area contributed by atoms with E-state index in [9.17, 15) is 8.42 Å². The molecule has 1 heterocycles. The molecule has 1 aliphatic rings. The van der Waals surface area contributed by atoms with Gasteiger partial charge >= 0.3 is 0 Å². The highest BCUT2D eigenvalue weighted by Gasteiger charge is 2.38. The van der Waals surface area contributed by atoms with E-state index in [4.69, 9.17) is 21.1 Å². The van der Waals surface area contributed by atoms with Crippen LogP contribution in [0.15, 0.2) is 23.1 Å². The van der Waals surface area contributed by atoms with Crippen molar-refractivity contribution in [3.05, 3.63) is 23.8 Å². The molecule has 0 fully saturated rings. The fourth-order valence-electron chi connectivity index (χ4n) is 2.26. The van der Waals surface area contributed by atoms with E-state index in [1.165, 1.54) is 11.4 Å². The third-order valence-corrected chi connectivity index (χ3v) is 5.27. The Balaban J connectivity index is 2.61. The maximum atomic E-state index is 12.5. The van der Waals surface area contributed by atoms with Gasteiger partial charge in [-0.2, -0.15) is 4.31 Å². The van der Waals surface area contributed by atoms with Crippen LogP contribution in [0.25, 0.3) is 0 Å². The van der Waals surface area contributed by atoms with Crippen molar-refractivity contribution in [3.63, 3.8) is 0 Å². The van der Waals surface area contributed by atoms with Crippen LogP contribution in [0.1, 0.15) is 11.7 Å². The molecule has 0 aromatic heterocycles. The molecule has 0 saturated carbocycles. The molecule has 1 atom stereocenters. The van der Waals surface area contributed by atoms with Gasteiger partial charge in [0.25, 0.3) is 0 Å². The lowest BCUT2D eigenvalue weighted by atomic mass is 10.1. The molecule has 1 aliphatic heterocycles. The Kier molecular flexibility index (Phi) is 4.35. The van der Waals surface area contributed by atoms with Crippen molar-refractivity contribution < 1.29 is 17.9 Å². The average Bonchev–Trinajstić information content (AvgIpc) is 2.41. The number of hydrogen-bond acceptors (Lipinski definition) is 4. The lowest BCUT2D eigenvalue weighted by Crippen LogP contribution is -2.41. The number of benzene rings is 1. The van der Waals surface area contributed by atoms with E-state index in [0.29, 0.717) is 11.3 Å². The quantitative estimate of drug-likeness (QED) is 0.793. The Bertz CT molecular complexity index is 561. The van der Waals surface area contributed by atoms with Crippen molar-refractivity contribution in [2.45, 2.75) is 11.0 Å². The van der Waals surface area contributed by atoms with E-state index >= 15 is 0 Å². The van der Waals surface area contributed by atoms with Gasteiger partial charge in [-0.05, 0) is 12.1 Å². The Morgan fingerprint density at radius 1 is 1.42 bits per heavy atom. The molecule has 106 valence electrons. The molecule has 0 N–H and O–H groups in total. The van der Waals surface area contributed by atoms with Gasteiger partial charge in [-0.1, -0.05) is 6.07 Å².